The van der Waals surface area contributed by atoms with Crippen molar-refractivity contribution in [1.82, 2.24) is 15.0 Å². The highest BCUT2D eigenvalue weighted by Gasteiger charge is 2.06. The maximum Gasteiger partial charge on any atom is 0.167 e. The zero-order chi connectivity index (χ0) is 13.1. The number of rotatable bonds is 3. The molecule has 0 bridgehead atoms. The van der Waals surface area contributed by atoms with E-state index < -0.39 is 0 Å². The first-order valence-electron chi connectivity index (χ1n) is 5.72. The average Bonchev–Trinajstić information content (AvgIpc) is 2.83. The Kier molecular flexibility index (Phi) is 3.16. The zero-order valence-corrected chi connectivity index (χ0v) is 11.1. The molecule has 0 aliphatic heterocycles. The predicted molar refractivity (Wildman–Crippen MR) is 77.6 cm³/mol. The van der Waals surface area contributed by atoms with Gasteiger partial charge in [-0.1, -0.05) is 0 Å². The molecule has 5 nitrogen and oxygen atoms in total. The predicted octanol–water partition coefficient (Wildman–Crippen LogP) is 2.84. The van der Waals surface area contributed by atoms with Gasteiger partial charge < -0.3 is 0 Å². The minimum atomic E-state index is 0.730. The Morgan fingerprint density at radius 2 is 2.11 bits per heavy atom. The lowest BCUT2D eigenvalue weighted by atomic mass is 10.3. The number of aryl methyl sites for hydroxylation is 1. The summed E-state index contributed by atoms with van der Waals surface area (Å²) in [7, 11) is 0. The molecule has 0 saturated heterocycles. The topological polar surface area (TPSA) is 63.1 Å². The summed E-state index contributed by atoms with van der Waals surface area (Å²) in [5.41, 5.74) is 6.07. The van der Waals surface area contributed by atoms with Crippen molar-refractivity contribution in [2.45, 2.75) is 6.92 Å². The molecule has 94 valence electrons. The second-order valence-corrected chi connectivity index (χ2v) is 4.85. The van der Waals surface area contributed by atoms with E-state index in [0.717, 1.165) is 27.2 Å². The molecule has 3 aromatic rings. The van der Waals surface area contributed by atoms with Crippen LogP contribution in [-0.4, -0.2) is 21.2 Å². The number of hydrazone groups is 1. The number of fused-ring (bicyclic) bond motifs is 1. The van der Waals surface area contributed by atoms with E-state index in [-0.39, 0.29) is 0 Å². The smallest absolute Gasteiger partial charge is 0.167 e. The summed E-state index contributed by atoms with van der Waals surface area (Å²) in [6.07, 6.45) is 6.74. The molecule has 0 atom stereocenters. The summed E-state index contributed by atoms with van der Waals surface area (Å²) in [6, 6.07) is 3.77. The Balaban J connectivity index is 1.84. The van der Waals surface area contributed by atoms with E-state index in [1.807, 2.05) is 19.1 Å². The third-order valence-corrected chi connectivity index (χ3v) is 3.71. The summed E-state index contributed by atoms with van der Waals surface area (Å²) in [5.74, 6) is 0.730. The van der Waals surface area contributed by atoms with Crippen LogP contribution >= 0.6 is 11.3 Å². The minimum Gasteiger partial charge on any atom is -0.265 e. The van der Waals surface area contributed by atoms with Crippen LogP contribution in [0.2, 0.25) is 0 Å². The molecule has 0 fully saturated rings. The standard InChI is InChI=1S/C13H11N5S/c1-9-7-19-12-11(9)15-8-16-13(12)18-17-6-10-2-4-14-5-3-10/h2-8H,1H3,(H,15,16,18). The normalized spacial score (nSPS) is 11.2. The lowest BCUT2D eigenvalue weighted by Gasteiger charge is -2.00. The number of hydrogen-bond donors (Lipinski definition) is 1. The molecule has 0 amide bonds. The molecule has 3 rings (SSSR count). The van der Waals surface area contributed by atoms with Crippen LogP contribution < -0.4 is 5.43 Å². The number of nitrogens with zero attached hydrogens (tertiary/aromatic N) is 4. The molecule has 0 aliphatic carbocycles. The third-order valence-electron chi connectivity index (χ3n) is 2.62. The largest absolute Gasteiger partial charge is 0.265 e. The van der Waals surface area contributed by atoms with Gasteiger partial charge in [0.15, 0.2) is 5.82 Å². The fourth-order valence-corrected chi connectivity index (χ4v) is 2.61. The van der Waals surface area contributed by atoms with Crippen LogP contribution in [0.5, 0.6) is 0 Å². The van der Waals surface area contributed by atoms with Crippen LogP contribution in [0, 0.1) is 6.92 Å². The summed E-state index contributed by atoms with van der Waals surface area (Å²) in [4.78, 5) is 12.4. The van der Waals surface area contributed by atoms with E-state index in [1.54, 1.807) is 36.3 Å². The van der Waals surface area contributed by atoms with Crippen molar-refractivity contribution in [3.05, 3.63) is 47.4 Å². The molecule has 0 aliphatic rings. The number of thiophene rings is 1. The van der Waals surface area contributed by atoms with Crippen molar-refractivity contribution in [2.24, 2.45) is 5.10 Å². The van der Waals surface area contributed by atoms with Gasteiger partial charge in [0.05, 0.1) is 16.4 Å². The van der Waals surface area contributed by atoms with Crippen molar-refractivity contribution in [3.63, 3.8) is 0 Å². The average molecular weight is 269 g/mol. The number of nitrogens with one attached hydrogen (secondary N) is 1. The number of aromatic nitrogens is 3. The van der Waals surface area contributed by atoms with E-state index in [2.05, 4.69) is 30.9 Å². The number of anilines is 1. The van der Waals surface area contributed by atoms with Gasteiger partial charge in [-0.3, -0.25) is 10.4 Å². The van der Waals surface area contributed by atoms with Crippen molar-refractivity contribution in [1.29, 1.82) is 0 Å². The van der Waals surface area contributed by atoms with Gasteiger partial charge in [-0.05, 0) is 35.6 Å². The molecule has 0 aromatic carbocycles. The molecule has 0 unspecified atom stereocenters. The zero-order valence-electron chi connectivity index (χ0n) is 10.2. The van der Waals surface area contributed by atoms with Crippen LogP contribution in [0.4, 0.5) is 5.82 Å². The minimum absolute atomic E-state index is 0.730. The maximum atomic E-state index is 4.27. The first-order valence-corrected chi connectivity index (χ1v) is 6.60. The summed E-state index contributed by atoms with van der Waals surface area (Å²) < 4.78 is 1.02. The molecule has 0 radical (unpaired) electrons. The fraction of sp³-hybridized carbons (Fsp3) is 0.0769. The van der Waals surface area contributed by atoms with E-state index >= 15 is 0 Å². The highest BCUT2D eigenvalue weighted by molar-refractivity contribution is 7.18. The van der Waals surface area contributed by atoms with Crippen LogP contribution in [0.15, 0.2) is 41.3 Å². The van der Waals surface area contributed by atoms with Gasteiger partial charge in [-0.15, -0.1) is 11.3 Å². The van der Waals surface area contributed by atoms with Gasteiger partial charge in [-0.2, -0.15) is 5.10 Å². The second kappa shape index (κ2) is 5.11. The van der Waals surface area contributed by atoms with Crippen molar-refractivity contribution < 1.29 is 0 Å². The highest BCUT2D eigenvalue weighted by atomic mass is 32.1. The third kappa shape index (κ3) is 2.43. The van der Waals surface area contributed by atoms with Crippen molar-refractivity contribution >= 4 is 33.6 Å². The van der Waals surface area contributed by atoms with E-state index in [9.17, 15) is 0 Å². The molecule has 3 heterocycles. The molecule has 3 aromatic heterocycles. The number of hydrogen-bond acceptors (Lipinski definition) is 6. The van der Waals surface area contributed by atoms with Gasteiger partial charge in [0.25, 0.3) is 0 Å². The fourth-order valence-electron chi connectivity index (χ4n) is 1.67. The molecule has 6 heteroatoms. The first kappa shape index (κ1) is 11.7. The van der Waals surface area contributed by atoms with E-state index in [0.29, 0.717) is 0 Å². The Hall–Kier alpha value is -2.34. The van der Waals surface area contributed by atoms with Crippen LogP contribution in [0.3, 0.4) is 0 Å². The van der Waals surface area contributed by atoms with Gasteiger partial charge in [-0.25, -0.2) is 9.97 Å². The summed E-state index contributed by atoms with van der Waals surface area (Å²) in [5, 5.41) is 6.25. The number of pyridine rings is 1. The monoisotopic (exact) mass is 269 g/mol. The SMILES string of the molecule is Cc1csc2c(NN=Cc3ccncc3)ncnc12. The molecular weight excluding hydrogens is 258 g/mol. The van der Waals surface area contributed by atoms with Crippen LogP contribution in [-0.2, 0) is 0 Å². The van der Waals surface area contributed by atoms with E-state index in [4.69, 9.17) is 0 Å². The van der Waals surface area contributed by atoms with Crippen LogP contribution in [0.25, 0.3) is 10.2 Å². The lowest BCUT2D eigenvalue weighted by molar-refractivity contribution is 1.18. The second-order valence-electron chi connectivity index (χ2n) is 3.97. The van der Waals surface area contributed by atoms with E-state index in [1.165, 1.54) is 0 Å². The molecule has 1 N–H and O–H groups in total. The molecule has 0 saturated carbocycles. The Labute approximate surface area is 114 Å². The molecule has 0 spiro atoms. The Morgan fingerprint density at radius 3 is 2.95 bits per heavy atom. The Bertz CT molecular complexity index is 720. The van der Waals surface area contributed by atoms with Gasteiger partial charge in [0.2, 0.25) is 0 Å². The molecular formula is C13H11N5S. The maximum absolute atomic E-state index is 4.27. The van der Waals surface area contributed by atoms with Gasteiger partial charge in [0, 0.05) is 12.4 Å². The van der Waals surface area contributed by atoms with Crippen LogP contribution in [0.1, 0.15) is 11.1 Å². The lowest BCUT2D eigenvalue weighted by Crippen LogP contribution is -1.94. The summed E-state index contributed by atoms with van der Waals surface area (Å²) >= 11 is 1.62. The van der Waals surface area contributed by atoms with Gasteiger partial charge >= 0.3 is 0 Å². The van der Waals surface area contributed by atoms with Gasteiger partial charge in [0.1, 0.15) is 6.33 Å². The molecule has 19 heavy (non-hydrogen) atoms. The first-order chi connectivity index (χ1) is 9.34. The highest BCUT2D eigenvalue weighted by Crippen LogP contribution is 2.28. The quantitative estimate of drug-likeness (QED) is 0.586. The summed E-state index contributed by atoms with van der Waals surface area (Å²) in [6.45, 7) is 2.04. The van der Waals surface area contributed by atoms with Crippen molar-refractivity contribution in [2.75, 3.05) is 5.43 Å². The van der Waals surface area contributed by atoms with Crippen molar-refractivity contribution in [3.8, 4) is 0 Å². The Morgan fingerprint density at radius 1 is 1.26 bits per heavy atom.